The van der Waals surface area contributed by atoms with Gasteiger partial charge >= 0.3 is 0 Å². The Hall–Kier alpha value is -3.22. The van der Waals surface area contributed by atoms with E-state index in [1.54, 1.807) is 21.3 Å². The van der Waals surface area contributed by atoms with E-state index in [-0.39, 0.29) is 5.91 Å². The van der Waals surface area contributed by atoms with E-state index >= 15 is 0 Å². The molecule has 2 aromatic carbocycles. The third-order valence-corrected chi connectivity index (χ3v) is 4.55. The van der Waals surface area contributed by atoms with Gasteiger partial charge < -0.3 is 24.4 Å². The van der Waals surface area contributed by atoms with Gasteiger partial charge in [-0.2, -0.15) is 0 Å². The summed E-state index contributed by atoms with van der Waals surface area (Å²) in [5.74, 6) is 1.95. The van der Waals surface area contributed by atoms with Crippen LogP contribution in [0.15, 0.2) is 47.6 Å². The Bertz CT molecular complexity index is 848. The van der Waals surface area contributed by atoms with Gasteiger partial charge in [0.05, 0.1) is 27.0 Å². The van der Waals surface area contributed by atoms with Gasteiger partial charge in [-0.15, -0.1) is 0 Å². The van der Waals surface area contributed by atoms with E-state index in [1.165, 1.54) is 0 Å². The third-order valence-electron chi connectivity index (χ3n) is 4.55. The van der Waals surface area contributed by atoms with Crippen LogP contribution in [0.5, 0.6) is 17.2 Å². The van der Waals surface area contributed by atoms with Gasteiger partial charge in [0.15, 0.2) is 11.5 Å². The normalized spacial score (nSPS) is 15.4. The predicted octanol–water partition coefficient (Wildman–Crippen LogP) is 2.56. The van der Waals surface area contributed by atoms with Crippen LogP contribution in [0.1, 0.15) is 17.5 Å². The van der Waals surface area contributed by atoms with E-state index in [2.05, 4.69) is 10.5 Å². The molecule has 0 fully saturated rings. The smallest absolute Gasteiger partial charge is 0.264 e. The predicted molar refractivity (Wildman–Crippen MR) is 105 cm³/mol. The molecule has 28 heavy (non-hydrogen) atoms. The fraction of sp³-hybridized carbons (Fsp3) is 0.333. The summed E-state index contributed by atoms with van der Waals surface area (Å²) in [5, 5.41) is 6.96. The van der Waals surface area contributed by atoms with Gasteiger partial charge in [0.25, 0.3) is 5.91 Å². The summed E-state index contributed by atoms with van der Waals surface area (Å²) in [6.45, 7) is 0.492. The Morgan fingerprint density at radius 1 is 1.07 bits per heavy atom. The number of nitrogens with one attached hydrogen (secondary N) is 1. The summed E-state index contributed by atoms with van der Waals surface area (Å²) in [5.41, 5.74) is 2.71. The van der Waals surface area contributed by atoms with Crippen molar-refractivity contribution in [2.75, 3.05) is 27.9 Å². The van der Waals surface area contributed by atoms with Gasteiger partial charge in [-0.05, 0) is 53.9 Å². The van der Waals surface area contributed by atoms with Crippen molar-refractivity contribution < 1.29 is 23.8 Å². The van der Waals surface area contributed by atoms with E-state index in [4.69, 9.17) is 19.0 Å². The lowest BCUT2D eigenvalue weighted by Gasteiger charge is -2.11. The molecule has 0 aromatic heterocycles. The number of methoxy groups -OCH3 is 3. The summed E-state index contributed by atoms with van der Waals surface area (Å²) in [6.07, 6.45) is 0.502. The second-order valence-electron chi connectivity index (χ2n) is 6.30. The molecule has 7 nitrogen and oxygen atoms in total. The Morgan fingerprint density at radius 2 is 1.82 bits per heavy atom. The molecule has 148 valence electrons. The van der Waals surface area contributed by atoms with Crippen molar-refractivity contribution in [2.45, 2.75) is 18.9 Å². The largest absolute Gasteiger partial charge is 0.497 e. The van der Waals surface area contributed by atoms with Gasteiger partial charge in [0.1, 0.15) is 5.75 Å². The highest BCUT2D eigenvalue weighted by Gasteiger charge is 2.28. The minimum absolute atomic E-state index is 0.173. The molecule has 0 saturated heterocycles. The van der Waals surface area contributed by atoms with Crippen LogP contribution in [-0.4, -0.2) is 45.6 Å². The van der Waals surface area contributed by atoms with E-state index in [0.717, 1.165) is 22.6 Å². The van der Waals surface area contributed by atoms with Crippen LogP contribution in [0.2, 0.25) is 0 Å². The monoisotopic (exact) mass is 384 g/mol. The summed E-state index contributed by atoms with van der Waals surface area (Å²) in [7, 11) is 4.82. The first-order chi connectivity index (χ1) is 13.6. The van der Waals surface area contributed by atoms with Crippen LogP contribution in [0, 0.1) is 0 Å². The van der Waals surface area contributed by atoms with Gasteiger partial charge in [-0.1, -0.05) is 11.2 Å². The van der Waals surface area contributed by atoms with Crippen molar-refractivity contribution >= 4 is 11.6 Å². The van der Waals surface area contributed by atoms with E-state index in [9.17, 15) is 4.79 Å². The van der Waals surface area contributed by atoms with Crippen LogP contribution in [-0.2, 0) is 16.1 Å². The minimum Gasteiger partial charge on any atom is -0.497 e. The lowest BCUT2D eigenvalue weighted by Crippen LogP contribution is -2.36. The fourth-order valence-corrected chi connectivity index (χ4v) is 2.95. The van der Waals surface area contributed by atoms with Crippen molar-refractivity contribution in [3.05, 3.63) is 53.6 Å². The molecule has 7 heteroatoms. The zero-order valence-corrected chi connectivity index (χ0v) is 16.2. The average Bonchev–Trinajstić information content (AvgIpc) is 3.24. The first kappa shape index (κ1) is 19.5. The van der Waals surface area contributed by atoms with E-state index in [0.29, 0.717) is 30.9 Å². The maximum Gasteiger partial charge on any atom is 0.264 e. The summed E-state index contributed by atoms with van der Waals surface area (Å²) < 4.78 is 15.7. The molecule has 1 N–H and O–H groups in total. The number of oxime groups is 1. The number of benzene rings is 2. The van der Waals surface area contributed by atoms with Gasteiger partial charge in [-0.3, -0.25) is 4.79 Å². The zero-order valence-electron chi connectivity index (χ0n) is 16.2. The molecule has 1 atom stereocenters. The SMILES string of the molecule is COc1ccc(C2=NOC(C(=O)NCCc3ccc(OC)c(OC)c3)C2)cc1. The second-order valence-corrected chi connectivity index (χ2v) is 6.30. The molecule has 1 aliphatic heterocycles. The summed E-state index contributed by atoms with van der Waals surface area (Å²) in [6, 6.07) is 13.2. The first-order valence-electron chi connectivity index (χ1n) is 9.00. The standard InChI is InChI=1S/C21H24N2O5/c1-25-16-7-5-15(6-8-16)17-13-20(28-23-17)21(24)22-11-10-14-4-9-18(26-2)19(12-14)27-3/h4-9,12,20H,10-11,13H2,1-3H3,(H,22,24). The number of nitrogens with zero attached hydrogens (tertiary/aromatic N) is 1. The number of rotatable bonds is 8. The van der Waals surface area contributed by atoms with Crippen molar-refractivity contribution in [3.8, 4) is 17.2 Å². The minimum atomic E-state index is -0.609. The molecule has 0 radical (unpaired) electrons. The second kappa shape index (κ2) is 9.12. The van der Waals surface area contributed by atoms with Crippen LogP contribution in [0.4, 0.5) is 0 Å². The molecule has 1 heterocycles. The molecule has 2 aromatic rings. The number of amides is 1. The molecule has 0 bridgehead atoms. The maximum absolute atomic E-state index is 12.4. The highest BCUT2D eigenvalue weighted by Crippen LogP contribution is 2.27. The highest BCUT2D eigenvalue weighted by molar-refractivity contribution is 6.04. The van der Waals surface area contributed by atoms with Crippen LogP contribution < -0.4 is 19.5 Å². The number of carbonyl (C=O) groups is 1. The zero-order chi connectivity index (χ0) is 19.9. The molecule has 1 aliphatic rings. The number of ether oxygens (including phenoxy) is 3. The van der Waals surface area contributed by atoms with Gasteiger partial charge in [0.2, 0.25) is 6.10 Å². The van der Waals surface area contributed by atoms with Crippen LogP contribution in [0.3, 0.4) is 0 Å². The Morgan fingerprint density at radius 3 is 2.50 bits per heavy atom. The number of hydrogen-bond donors (Lipinski definition) is 1. The number of hydrogen-bond acceptors (Lipinski definition) is 6. The fourth-order valence-electron chi connectivity index (χ4n) is 2.95. The quantitative estimate of drug-likeness (QED) is 0.757. The third kappa shape index (κ3) is 4.54. The van der Waals surface area contributed by atoms with Crippen LogP contribution in [0.25, 0.3) is 0 Å². The van der Waals surface area contributed by atoms with E-state index in [1.807, 2.05) is 42.5 Å². The lowest BCUT2D eigenvalue weighted by molar-refractivity contribution is -0.131. The maximum atomic E-state index is 12.4. The van der Waals surface area contributed by atoms with Crippen molar-refractivity contribution in [1.29, 1.82) is 0 Å². The molecule has 0 aliphatic carbocycles. The molecule has 3 rings (SSSR count). The van der Waals surface area contributed by atoms with Crippen molar-refractivity contribution in [1.82, 2.24) is 5.32 Å². The highest BCUT2D eigenvalue weighted by atomic mass is 16.6. The number of carbonyl (C=O) groups excluding carboxylic acids is 1. The molecule has 0 saturated carbocycles. The Kier molecular flexibility index (Phi) is 6.37. The van der Waals surface area contributed by atoms with Crippen molar-refractivity contribution in [3.63, 3.8) is 0 Å². The Balaban J connectivity index is 1.48. The molecular formula is C21H24N2O5. The van der Waals surface area contributed by atoms with E-state index < -0.39 is 6.10 Å². The Labute approximate surface area is 164 Å². The van der Waals surface area contributed by atoms with Crippen molar-refractivity contribution in [2.24, 2.45) is 5.16 Å². The van der Waals surface area contributed by atoms with Gasteiger partial charge in [-0.25, -0.2) is 0 Å². The topological polar surface area (TPSA) is 78.4 Å². The van der Waals surface area contributed by atoms with Crippen LogP contribution >= 0.6 is 0 Å². The average molecular weight is 384 g/mol. The summed E-state index contributed by atoms with van der Waals surface area (Å²) in [4.78, 5) is 17.7. The lowest BCUT2D eigenvalue weighted by atomic mass is 10.0. The summed E-state index contributed by atoms with van der Waals surface area (Å²) >= 11 is 0. The molecular weight excluding hydrogens is 360 g/mol. The first-order valence-corrected chi connectivity index (χ1v) is 9.00. The van der Waals surface area contributed by atoms with Gasteiger partial charge in [0, 0.05) is 13.0 Å². The molecule has 1 amide bonds. The molecule has 0 spiro atoms. The molecule has 1 unspecified atom stereocenters.